The lowest BCUT2D eigenvalue weighted by Crippen LogP contribution is -2.24. The molecule has 0 spiro atoms. The molecule has 4 rings (SSSR count). The van der Waals surface area contributed by atoms with Crippen molar-refractivity contribution >= 4 is 34.4 Å². The number of benzene rings is 1. The molecule has 1 aromatic carbocycles. The first-order chi connectivity index (χ1) is 19.4. The van der Waals surface area contributed by atoms with Crippen molar-refractivity contribution in [3.63, 3.8) is 0 Å². The molecule has 0 fully saturated rings. The van der Waals surface area contributed by atoms with E-state index in [4.69, 9.17) is 9.47 Å². The van der Waals surface area contributed by atoms with Gasteiger partial charge in [-0.2, -0.15) is 0 Å². The fourth-order valence-electron chi connectivity index (χ4n) is 4.87. The predicted octanol–water partition coefficient (Wildman–Crippen LogP) is 6.80. The van der Waals surface area contributed by atoms with Gasteiger partial charge in [-0.1, -0.05) is 34.1 Å². The molecule has 1 N–H and O–H groups in total. The van der Waals surface area contributed by atoms with Crippen LogP contribution in [0.3, 0.4) is 0 Å². The Labute approximate surface area is 244 Å². The number of ketones is 2. The van der Waals surface area contributed by atoms with E-state index in [1.807, 2.05) is 40.0 Å². The molecule has 4 aromatic rings. The average Bonchev–Trinajstić information content (AvgIpc) is 3.50. The molecule has 0 radical (unpaired) electrons. The minimum Gasteiger partial charge on any atom is -0.497 e. The number of aryl methyl sites for hydroxylation is 1. The lowest BCUT2D eigenvalue weighted by molar-refractivity contribution is -0.141. The van der Waals surface area contributed by atoms with Gasteiger partial charge in [-0.15, -0.1) is 11.3 Å². The third-order valence-electron chi connectivity index (χ3n) is 6.98. The van der Waals surface area contributed by atoms with Crippen LogP contribution in [0, 0.1) is 18.3 Å². The summed E-state index contributed by atoms with van der Waals surface area (Å²) in [5, 5.41) is 12.9. The summed E-state index contributed by atoms with van der Waals surface area (Å²) in [5.41, 5.74) is 2.00. The summed E-state index contributed by atoms with van der Waals surface area (Å²) >= 11 is 1.54. The standard InChI is InChI=1S/C32H36N2O6S/c1-7-8-21(31(37)38)15-25-27(30(36)32(3,4)5)26-16-24(40-17-22-18-41-19(2)33-22)13-14-34(26)28(25)29(35)20-9-11-23(39-6)12-10-20/h9-14,16,18,21H,7-8,15,17H2,1-6H3,(H,37,38). The van der Waals surface area contributed by atoms with Crippen molar-refractivity contribution in [1.82, 2.24) is 9.38 Å². The molecule has 3 aromatic heterocycles. The quantitative estimate of drug-likeness (QED) is 0.185. The normalized spacial score (nSPS) is 12.3. The van der Waals surface area contributed by atoms with Crippen molar-refractivity contribution in [1.29, 1.82) is 0 Å². The Kier molecular flexibility index (Phi) is 8.97. The number of Topliss-reactive ketones (excluding diaryl/α,β-unsaturated/α-hetero) is 1. The number of thiazole rings is 1. The Hall–Kier alpha value is -3.98. The van der Waals surface area contributed by atoms with Crippen molar-refractivity contribution < 1.29 is 29.0 Å². The lowest BCUT2D eigenvalue weighted by atomic mass is 9.82. The third-order valence-corrected chi connectivity index (χ3v) is 7.80. The molecule has 1 atom stereocenters. The van der Waals surface area contributed by atoms with E-state index in [1.165, 1.54) is 11.3 Å². The van der Waals surface area contributed by atoms with Crippen LogP contribution in [-0.2, 0) is 17.8 Å². The van der Waals surface area contributed by atoms with Crippen molar-refractivity contribution in [2.75, 3.05) is 7.11 Å². The number of pyridine rings is 1. The first-order valence-electron chi connectivity index (χ1n) is 13.6. The molecule has 0 saturated carbocycles. The van der Waals surface area contributed by atoms with Gasteiger partial charge < -0.3 is 19.0 Å². The van der Waals surface area contributed by atoms with Gasteiger partial charge in [0.05, 0.1) is 34.9 Å². The van der Waals surface area contributed by atoms with Gasteiger partial charge in [0.25, 0.3) is 0 Å². The minimum absolute atomic E-state index is 0.0491. The summed E-state index contributed by atoms with van der Waals surface area (Å²) in [4.78, 5) is 44.9. The molecular weight excluding hydrogens is 540 g/mol. The zero-order chi connectivity index (χ0) is 29.9. The Morgan fingerprint density at radius 2 is 1.80 bits per heavy atom. The number of carboxylic acid groups (broad SMARTS) is 1. The van der Waals surface area contributed by atoms with Crippen molar-refractivity contribution in [3.05, 3.63) is 81.1 Å². The number of ether oxygens (including phenoxy) is 2. The van der Waals surface area contributed by atoms with Gasteiger partial charge in [-0.3, -0.25) is 14.4 Å². The third kappa shape index (κ3) is 6.51. The zero-order valence-corrected chi connectivity index (χ0v) is 25.1. The molecule has 216 valence electrons. The molecular formula is C32H36N2O6S. The number of carbonyl (C=O) groups is 3. The van der Waals surface area contributed by atoms with E-state index in [0.29, 0.717) is 46.5 Å². The number of aliphatic carboxylic acids is 1. The van der Waals surface area contributed by atoms with Crippen LogP contribution in [0.2, 0.25) is 0 Å². The molecule has 8 nitrogen and oxygen atoms in total. The van der Waals surface area contributed by atoms with Crippen LogP contribution in [-0.4, -0.2) is 39.1 Å². The molecule has 0 aliphatic heterocycles. The van der Waals surface area contributed by atoms with E-state index >= 15 is 0 Å². The van der Waals surface area contributed by atoms with E-state index in [1.54, 1.807) is 54.1 Å². The Morgan fingerprint density at radius 3 is 2.37 bits per heavy atom. The van der Waals surface area contributed by atoms with Crippen LogP contribution in [0.1, 0.15) is 83.2 Å². The second kappa shape index (κ2) is 12.3. The highest BCUT2D eigenvalue weighted by Crippen LogP contribution is 2.36. The summed E-state index contributed by atoms with van der Waals surface area (Å²) in [6, 6.07) is 10.2. The molecule has 0 bridgehead atoms. The number of carboxylic acids is 1. The maximum Gasteiger partial charge on any atom is 0.306 e. The van der Waals surface area contributed by atoms with Crippen molar-refractivity contribution in [2.24, 2.45) is 11.3 Å². The summed E-state index contributed by atoms with van der Waals surface area (Å²) in [6.45, 7) is 9.56. The number of hydrogen-bond acceptors (Lipinski definition) is 7. The zero-order valence-electron chi connectivity index (χ0n) is 24.3. The maximum atomic E-state index is 14.1. The first kappa shape index (κ1) is 30.0. The minimum atomic E-state index is -0.957. The summed E-state index contributed by atoms with van der Waals surface area (Å²) in [5.74, 6) is -1.07. The van der Waals surface area contributed by atoms with Crippen molar-refractivity contribution in [2.45, 2.75) is 60.5 Å². The van der Waals surface area contributed by atoms with Gasteiger partial charge in [0.15, 0.2) is 5.78 Å². The number of fused-ring (bicyclic) bond motifs is 1. The van der Waals surface area contributed by atoms with E-state index in [0.717, 1.165) is 10.7 Å². The Morgan fingerprint density at radius 1 is 1.10 bits per heavy atom. The second-order valence-electron chi connectivity index (χ2n) is 11.1. The van der Waals surface area contributed by atoms with Crippen LogP contribution < -0.4 is 9.47 Å². The predicted molar refractivity (Wildman–Crippen MR) is 159 cm³/mol. The average molecular weight is 577 g/mol. The Balaban J connectivity index is 1.94. The highest BCUT2D eigenvalue weighted by Gasteiger charge is 2.35. The second-order valence-corrected chi connectivity index (χ2v) is 12.2. The molecule has 0 aliphatic carbocycles. The monoisotopic (exact) mass is 576 g/mol. The first-order valence-corrected chi connectivity index (χ1v) is 14.5. The molecule has 0 saturated heterocycles. The summed E-state index contributed by atoms with van der Waals surface area (Å²) < 4.78 is 13.0. The highest BCUT2D eigenvalue weighted by atomic mass is 32.1. The molecule has 3 heterocycles. The van der Waals surface area contributed by atoms with Crippen LogP contribution in [0.15, 0.2) is 48.0 Å². The number of rotatable bonds is 12. The van der Waals surface area contributed by atoms with E-state index in [2.05, 4.69) is 4.98 Å². The van der Waals surface area contributed by atoms with Gasteiger partial charge in [0.1, 0.15) is 18.1 Å². The van der Waals surface area contributed by atoms with Crippen LogP contribution in [0.5, 0.6) is 11.5 Å². The summed E-state index contributed by atoms with van der Waals surface area (Å²) in [6.07, 6.45) is 2.84. The van der Waals surface area contributed by atoms with Crippen molar-refractivity contribution in [3.8, 4) is 11.5 Å². The number of hydrogen-bond donors (Lipinski definition) is 1. The largest absolute Gasteiger partial charge is 0.497 e. The number of nitrogens with zero attached hydrogens (tertiary/aromatic N) is 2. The molecule has 0 aliphatic rings. The fourth-order valence-corrected chi connectivity index (χ4v) is 5.47. The van der Waals surface area contributed by atoms with Gasteiger partial charge in [-0.25, -0.2) is 4.98 Å². The van der Waals surface area contributed by atoms with Crippen LogP contribution >= 0.6 is 11.3 Å². The number of aromatic nitrogens is 2. The molecule has 1 unspecified atom stereocenters. The van der Waals surface area contributed by atoms with Gasteiger partial charge in [-0.05, 0) is 55.7 Å². The SMILES string of the molecule is CCCC(Cc1c(C(=O)C(C)(C)C)c2cc(OCc3csc(C)n3)ccn2c1C(=O)c1ccc(OC)cc1)C(=O)O. The molecule has 0 amide bonds. The van der Waals surface area contributed by atoms with E-state index in [-0.39, 0.29) is 30.3 Å². The van der Waals surface area contributed by atoms with E-state index < -0.39 is 17.3 Å². The molecule has 41 heavy (non-hydrogen) atoms. The van der Waals surface area contributed by atoms with Gasteiger partial charge >= 0.3 is 5.97 Å². The van der Waals surface area contributed by atoms with Gasteiger partial charge in [0, 0.05) is 34.2 Å². The van der Waals surface area contributed by atoms with Crippen LogP contribution in [0.4, 0.5) is 0 Å². The van der Waals surface area contributed by atoms with E-state index in [9.17, 15) is 19.5 Å². The highest BCUT2D eigenvalue weighted by molar-refractivity contribution is 7.09. The maximum absolute atomic E-state index is 14.1. The van der Waals surface area contributed by atoms with Gasteiger partial charge in [0.2, 0.25) is 5.78 Å². The number of carbonyl (C=O) groups excluding carboxylic acids is 2. The van der Waals surface area contributed by atoms with Crippen LogP contribution in [0.25, 0.3) is 5.52 Å². The molecule has 9 heteroatoms. The number of methoxy groups -OCH3 is 1. The Bertz CT molecular complexity index is 1580. The summed E-state index contributed by atoms with van der Waals surface area (Å²) in [7, 11) is 1.55. The lowest BCUT2D eigenvalue weighted by Gasteiger charge is -2.19. The topological polar surface area (TPSA) is 107 Å². The fraction of sp³-hybridized carbons (Fsp3) is 0.375. The smallest absolute Gasteiger partial charge is 0.306 e.